The molecule has 7 heteroatoms. The lowest BCUT2D eigenvalue weighted by atomic mass is 10.3. The van der Waals surface area contributed by atoms with Gasteiger partial charge in [0.25, 0.3) is 0 Å². The molecule has 3 rings (SSSR count). The maximum Gasteiger partial charge on any atom is 0.368 e. The summed E-state index contributed by atoms with van der Waals surface area (Å²) in [6.45, 7) is 5.91. The highest BCUT2D eigenvalue weighted by Gasteiger charge is 2.17. The molecule has 1 saturated heterocycles. The molecule has 1 atom stereocenters. The zero-order valence-electron chi connectivity index (χ0n) is 12.1. The fraction of sp³-hybridized carbons (Fsp3) is 0.500. The van der Waals surface area contributed by atoms with E-state index in [-0.39, 0.29) is 11.8 Å². The summed E-state index contributed by atoms with van der Waals surface area (Å²) >= 11 is 0. The summed E-state index contributed by atoms with van der Waals surface area (Å²) in [5.41, 5.74) is 0.524. The molecule has 1 aliphatic rings. The lowest BCUT2D eigenvalue weighted by molar-refractivity contribution is -0.0195. The molecule has 2 heterocycles. The molecule has 2 aromatic rings. The van der Waals surface area contributed by atoms with Crippen LogP contribution in [0.2, 0.25) is 0 Å². The van der Waals surface area contributed by atoms with Crippen molar-refractivity contribution in [1.29, 1.82) is 0 Å². The zero-order chi connectivity index (χ0) is 14.7. The largest absolute Gasteiger partial charge is 0.376 e. The third-order valence-corrected chi connectivity index (χ3v) is 3.59. The summed E-state index contributed by atoms with van der Waals surface area (Å²) in [4.78, 5) is 14.5. The summed E-state index contributed by atoms with van der Waals surface area (Å²) in [6, 6.07) is 9.32. The first-order valence-corrected chi connectivity index (χ1v) is 7.16. The van der Waals surface area contributed by atoms with Gasteiger partial charge in [-0.1, -0.05) is 18.2 Å². The standard InChI is InChI=1S/C14H19N5O2/c1-12-11-17(9-10-21-12)7-8-18-14(20)19(16-15-18)13-5-3-2-4-6-13/h2-6,12H,7-11H2,1H3. The van der Waals surface area contributed by atoms with Crippen LogP contribution < -0.4 is 5.69 Å². The van der Waals surface area contributed by atoms with E-state index in [4.69, 9.17) is 4.74 Å². The molecule has 0 saturated carbocycles. The van der Waals surface area contributed by atoms with Gasteiger partial charge in [0.1, 0.15) is 0 Å². The minimum Gasteiger partial charge on any atom is -0.376 e. The molecule has 1 aliphatic heterocycles. The lowest BCUT2D eigenvalue weighted by Gasteiger charge is -2.30. The summed E-state index contributed by atoms with van der Waals surface area (Å²) in [5.74, 6) is 0. The maximum atomic E-state index is 12.3. The van der Waals surface area contributed by atoms with Crippen molar-refractivity contribution in [3.05, 3.63) is 40.8 Å². The number of hydrogen-bond donors (Lipinski definition) is 0. The minimum absolute atomic E-state index is 0.206. The lowest BCUT2D eigenvalue weighted by Crippen LogP contribution is -2.43. The van der Waals surface area contributed by atoms with Gasteiger partial charge in [-0.05, 0) is 29.5 Å². The fourth-order valence-electron chi connectivity index (χ4n) is 2.48. The molecule has 112 valence electrons. The van der Waals surface area contributed by atoms with Crippen molar-refractivity contribution >= 4 is 0 Å². The van der Waals surface area contributed by atoms with E-state index in [0.717, 1.165) is 31.9 Å². The quantitative estimate of drug-likeness (QED) is 0.801. The van der Waals surface area contributed by atoms with Crippen molar-refractivity contribution in [1.82, 2.24) is 24.7 Å². The average molecular weight is 289 g/mol. The molecule has 0 aliphatic carbocycles. The van der Waals surface area contributed by atoms with Gasteiger partial charge in [0.05, 0.1) is 24.9 Å². The van der Waals surface area contributed by atoms with E-state index in [1.165, 1.54) is 9.36 Å². The summed E-state index contributed by atoms with van der Waals surface area (Å²) < 4.78 is 8.23. The molecule has 1 fully saturated rings. The number of morpholine rings is 1. The van der Waals surface area contributed by atoms with E-state index < -0.39 is 0 Å². The van der Waals surface area contributed by atoms with Crippen LogP contribution in [0, 0.1) is 0 Å². The van der Waals surface area contributed by atoms with Crippen molar-refractivity contribution in [2.24, 2.45) is 0 Å². The van der Waals surface area contributed by atoms with Crippen molar-refractivity contribution in [2.75, 3.05) is 26.2 Å². The Balaban J connectivity index is 1.67. The van der Waals surface area contributed by atoms with E-state index in [2.05, 4.69) is 22.3 Å². The number of para-hydroxylation sites is 1. The molecule has 7 nitrogen and oxygen atoms in total. The number of hydrogen-bond acceptors (Lipinski definition) is 5. The summed E-state index contributed by atoms with van der Waals surface area (Å²) in [6.07, 6.45) is 0.246. The van der Waals surface area contributed by atoms with Crippen molar-refractivity contribution in [3.63, 3.8) is 0 Å². The number of ether oxygens (including phenoxy) is 1. The predicted octanol–water partition coefficient (Wildman–Crippen LogP) is 0.150. The van der Waals surface area contributed by atoms with Gasteiger partial charge in [-0.25, -0.2) is 4.79 Å². The summed E-state index contributed by atoms with van der Waals surface area (Å²) in [5, 5.41) is 7.89. The molecule has 21 heavy (non-hydrogen) atoms. The molecule has 0 bridgehead atoms. The van der Waals surface area contributed by atoms with Crippen molar-refractivity contribution in [2.45, 2.75) is 19.6 Å². The normalized spacial score (nSPS) is 19.8. The molecule has 0 N–H and O–H groups in total. The second kappa shape index (κ2) is 6.19. The van der Waals surface area contributed by atoms with Crippen LogP contribution in [0.4, 0.5) is 0 Å². The molecule has 0 radical (unpaired) electrons. The predicted molar refractivity (Wildman–Crippen MR) is 77.5 cm³/mol. The van der Waals surface area contributed by atoms with Crippen LogP contribution in [0.3, 0.4) is 0 Å². The van der Waals surface area contributed by atoms with E-state index in [9.17, 15) is 4.79 Å². The Labute approximate surface area is 122 Å². The molecule has 1 unspecified atom stereocenters. The van der Waals surface area contributed by atoms with Gasteiger partial charge in [0.2, 0.25) is 0 Å². The van der Waals surface area contributed by atoms with Crippen LogP contribution in [0.25, 0.3) is 5.69 Å². The van der Waals surface area contributed by atoms with Crippen molar-refractivity contribution < 1.29 is 4.74 Å². The van der Waals surface area contributed by atoms with Gasteiger partial charge < -0.3 is 4.74 Å². The number of rotatable bonds is 4. The van der Waals surface area contributed by atoms with E-state index in [0.29, 0.717) is 6.54 Å². The highest BCUT2D eigenvalue weighted by Crippen LogP contribution is 2.04. The molecular formula is C14H19N5O2. The maximum absolute atomic E-state index is 12.3. The van der Waals surface area contributed by atoms with Gasteiger partial charge >= 0.3 is 5.69 Å². The van der Waals surface area contributed by atoms with Crippen molar-refractivity contribution in [3.8, 4) is 5.69 Å². The molecule has 0 amide bonds. The highest BCUT2D eigenvalue weighted by atomic mass is 16.5. The Bertz CT molecular complexity index is 636. The number of nitrogens with zero attached hydrogens (tertiary/aromatic N) is 5. The van der Waals surface area contributed by atoms with Gasteiger partial charge in [-0.15, -0.1) is 0 Å². The van der Waals surface area contributed by atoms with Crippen LogP contribution >= 0.6 is 0 Å². The minimum atomic E-state index is -0.206. The molecule has 1 aromatic heterocycles. The smallest absolute Gasteiger partial charge is 0.368 e. The second-order valence-electron chi connectivity index (χ2n) is 5.21. The summed E-state index contributed by atoms with van der Waals surface area (Å²) in [7, 11) is 0. The van der Waals surface area contributed by atoms with Gasteiger partial charge in [-0.2, -0.15) is 9.36 Å². The molecular weight excluding hydrogens is 270 g/mol. The first kappa shape index (κ1) is 14.0. The van der Waals surface area contributed by atoms with Crippen LogP contribution in [0.1, 0.15) is 6.92 Å². The number of aromatic nitrogens is 4. The Morgan fingerprint density at radius 2 is 2.05 bits per heavy atom. The van der Waals surface area contributed by atoms with Gasteiger partial charge in [0.15, 0.2) is 0 Å². The Morgan fingerprint density at radius 1 is 1.24 bits per heavy atom. The Kier molecular flexibility index (Phi) is 4.12. The Morgan fingerprint density at radius 3 is 2.81 bits per heavy atom. The third-order valence-electron chi connectivity index (χ3n) is 3.59. The van der Waals surface area contributed by atoms with Crippen LogP contribution in [-0.4, -0.2) is 57.0 Å². The van der Waals surface area contributed by atoms with E-state index >= 15 is 0 Å². The SMILES string of the molecule is CC1CN(CCn2nnn(-c3ccccc3)c2=O)CCO1. The van der Waals surface area contributed by atoms with Crippen LogP contribution in [-0.2, 0) is 11.3 Å². The Hall–Kier alpha value is -1.99. The number of benzene rings is 1. The van der Waals surface area contributed by atoms with Crippen LogP contribution in [0.5, 0.6) is 0 Å². The molecule has 0 spiro atoms. The fourth-order valence-corrected chi connectivity index (χ4v) is 2.48. The monoisotopic (exact) mass is 289 g/mol. The van der Waals surface area contributed by atoms with Gasteiger partial charge in [-0.3, -0.25) is 4.90 Å². The molecule has 1 aromatic carbocycles. The first-order valence-electron chi connectivity index (χ1n) is 7.16. The van der Waals surface area contributed by atoms with Gasteiger partial charge in [0, 0.05) is 19.6 Å². The topological polar surface area (TPSA) is 65.2 Å². The second-order valence-corrected chi connectivity index (χ2v) is 5.21. The zero-order valence-corrected chi connectivity index (χ0v) is 12.1. The van der Waals surface area contributed by atoms with Crippen LogP contribution in [0.15, 0.2) is 35.1 Å². The van der Waals surface area contributed by atoms with E-state index in [1.807, 2.05) is 30.3 Å². The van der Waals surface area contributed by atoms with E-state index in [1.54, 1.807) is 0 Å². The highest BCUT2D eigenvalue weighted by molar-refractivity contribution is 5.28. The number of tetrazole rings is 1. The third kappa shape index (κ3) is 3.20. The first-order chi connectivity index (χ1) is 10.2. The average Bonchev–Trinajstić information content (AvgIpc) is 2.87.